The zero-order chi connectivity index (χ0) is 26.8. The fourth-order valence-corrected chi connectivity index (χ4v) is 4.98. The summed E-state index contributed by atoms with van der Waals surface area (Å²) >= 11 is 17.9. The first-order valence-electron chi connectivity index (χ1n) is 10.7. The molecule has 196 valence electrons. The van der Waals surface area contributed by atoms with Crippen molar-refractivity contribution >= 4 is 76.2 Å². The Kier molecular flexibility index (Phi) is 8.70. The topological polar surface area (TPSA) is 131 Å². The van der Waals surface area contributed by atoms with E-state index in [1.165, 1.54) is 0 Å². The molecule has 0 radical (unpaired) electrons. The number of thioether (sulfide) groups is 1. The Balaban J connectivity index is 1.72. The van der Waals surface area contributed by atoms with E-state index in [0.717, 1.165) is 16.7 Å². The molecule has 2 aliphatic rings. The van der Waals surface area contributed by atoms with Crippen LogP contribution in [-0.4, -0.2) is 73.8 Å². The van der Waals surface area contributed by atoms with E-state index in [1.54, 1.807) is 51.1 Å². The highest BCUT2D eigenvalue weighted by molar-refractivity contribution is 8.00. The minimum Gasteiger partial charge on any atom is -0.459 e. The molecular formula is C22H24Cl3N3O7S. The summed E-state index contributed by atoms with van der Waals surface area (Å²) in [5, 5.41) is 4.43. The van der Waals surface area contributed by atoms with E-state index in [-0.39, 0.29) is 5.75 Å². The van der Waals surface area contributed by atoms with Crippen LogP contribution in [-0.2, 0) is 28.7 Å². The van der Waals surface area contributed by atoms with Crippen LogP contribution in [0.2, 0.25) is 0 Å². The average Bonchev–Trinajstić information content (AvgIpc) is 2.78. The predicted molar refractivity (Wildman–Crippen MR) is 134 cm³/mol. The van der Waals surface area contributed by atoms with Crippen LogP contribution in [0.15, 0.2) is 30.3 Å². The molecule has 36 heavy (non-hydrogen) atoms. The lowest BCUT2D eigenvalue weighted by Crippen LogP contribution is -2.76. The van der Waals surface area contributed by atoms with Crippen LogP contribution in [0.1, 0.15) is 32.4 Å². The number of halogens is 3. The Labute approximate surface area is 226 Å². The maximum absolute atomic E-state index is 13.2. The Morgan fingerprint density at radius 2 is 1.78 bits per heavy atom. The summed E-state index contributed by atoms with van der Waals surface area (Å²) < 4.78 is 8.29. The summed E-state index contributed by atoms with van der Waals surface area (Å²) in [5.74, 6) is -2.99. The van der Waals surface area contributed by atoms with Crippen LogP contribution in [0, 0.1) is 0 Å². The van der Waals surface area contributed by atoms with Crippen LogP contribution in [0.25, 0.3) is 0 Å². The molecule has 2 fully saturated rings. The van der Waals surface area contributed by atoms with E-state index in [4.69, 9.17) is 44.3 Å². The monoisotopic (exact) mass is 579 g/mol. The Morgan fingerprint density at radius 3 is 2.36 bits per heavy atom. The number of β-lactam (4-membered cyclic amide) rings is 1. The van der Waals surface area contributed by atoms with Gasteiger partial charge >= 0.3 is 12.1 Å². The first-order valence-corrected chi connectivity index (χ1v) is 12.9. The van der Waals surface area contributed by atoms with Crippen LogP contribution in [0.3, 0.4) is 0 Å². The number of alkyl carbamates (subject to hydrolysis) is 1. The third-order valence-corrected chi connectivity index (χ3v) is 6.63. The summed E-state index contributed by atoms with van der Waals surface area (Å²) in [5.41, 5.74) is -0.332. The fraction of sp³-hybridized carbons (Fsp3) is 0.500. The summed E-state index contributed by atoms with van der Waals surface area (Å²) in [6.07, 6.45) is -0.817. The van der Waals surface area contributed by atoms with E-state index in [9.17, 15) is 24.0 Å². The van der Waals surface area contributed by atoms with Gasteiger partial charge in [-0.3, -0.25) is 14.4 Å². The third-order valence-electron chi connectivity index (χ3n) is 5.01. The highest BCUT2D eigenvalue weighted by Crippen LogP contribution is 2.38. The van der Waals surface area contributed by atoms with Gasteiger partial charge in [0.2, 0.25) is 15.6 Å². The molecule has 0 aromatic heterocycles. The van der Waals surface area contributed by atoms with Gasteiger partial charge in [-0.1, -0.05) is 65.1 Å². The fourth-order valence-electron chi connectivity index (χ4n) is 3.56. The number of alkyl halides is 3. The van der Waals surface area contributed by atoms with E-state index < -0.39 is 69.2 Å². The normalized spacial score (nSPS) is 22.6. The summed E-state index contributed by atoms with van der Waals surface area (Å²) in [7, 11) is 0. The predicted octanol–water partition coefficient (Wildman–Crippen LogP) is 2.50. The van der Waals surface area contributed by atoms with Crippen molar-refractivity contribution in [1.82, 2.24) is 15.5 Å². The molecule has 14 heteroatoms. The van der Waals surface area contributed by atoms with E-state index in [1.807, 2.05) is 0 Å². The lowest BCUT2D eigenvalue weighted by atomic mass is 9.99. The van der Waals surface area contributed by atoms with E-state index >= 15 is 0 Å². The van der Waals surface area contributed by atoms with Gasteiger partial charge in [0, 0.05) is 0 Å². The van der Waals surface area contributed by atoms with Crippen LogP contribution in [0.5, 0.6) is 0 Å². The molecule has 2 saturated heterocycles. The number of hydrogen-bond donors (Lipinski definition) is 2. The molecule has 1 aromatic carbocycles. The molecule has 2 unspecified atom stereocenters. The SMILES string of the molecule is CC(C)(C)OC(=O)NC(C(=O)N[C@@H]1C(=O)N2C(C(=O)OCC(Cl)(Cl)Cl)C(=O)CS[C@@H]12)c1ccccc1. The zero-order valence-electron chi connectivity index (χ0n) is 19.5. The molecule has 3 rings (SSSR count). The molecule has 1 aromatic rings. The van der Waals surface area contributed by atoms with E-state index in [0.29, 0.717) is 5.56 Å². The van der Waals surface area contributed by atoms with Gasteiger partial charge in [-0.05, 0) is 26.3 Å². The second-order valence-corrected chi connectivity index (χ2v) is 12.6. The Bertz CT molecular complexity index is 1050. The molecule has 4 atom stereocenters. The number of nitrogens with one attached hydrogen (secondary N) is 2. The number of nitrogens with zero attached hydrogens (tertiary/aromatic N) is 1. The lowest BCUT2D eigenvalue weighted by Gasteiger charge is -2.51. The van der Waals surface area contributed by atoms with Crippen molar-refractivity contribution in [2.45, 2.75) is 53.7 Å². The Hall–Kier alpha value is -2.21. The van der Waals surface area contributed by atoms with Crippen molar-refractivity contribution in [3.8, 4) is 0 Å². The van der Waals surface area contributed by atoms with Gasteiger partial charge in [-0.2, -0.15) is 0 Å². The first-order chi connectivity index (χ1) is 16.7. The number of carbonyl (C=O) groups excluding carboxylic acids is 5. The van der Waals surface area contributed by atoms with Crippen LogP contribution >= 0.6 is 46.6 Å². The smallest absolute Gasteiger partial charge is 0.408 e. The molecule has 0 spiro atoms. The second kappa shape index (κ2) is 11.0. The number of ether oxygens (including phenoxy) is 2. The van der Waals surface area contributed by atoms with Gasteiger partial charge < -0.3 is 25.0 Å². The molecular weight excluding hydrogens is 557 g/mol. The zero-order valence-corrected chi connectivity index (χ0v) is 22.5. The van der Waals surface area contributed by atoms with Crippen LogP contribution in [0.4, 0.5) is 4.79 Å². The third kappa shape index (κ3) is 6.96. The van der Waals surface area contributed by atoms with Crippen molar-refractivity contribution in [2.24, 2.45) is 0 Å². The maximum Gasteiger partial charge on any atom is 0.408 e. The summed E-state index contributed by atoms with van der Waals surface area (Å²) in [4.78, 5) is 64.4. The number of fused-ring (bicyclic) bond motifs is 1. The number of esters is 1. The molecule has 2 N–H and O–H groups in total. The standard InChI is InChI=1S/C22H24Cl3N3O7S/c1-21(2,3)35-20(33)27-13(11-7-5-4-6-8-11)16(30)26-14-17(31)28-15(12(29)9-36-18(14)28)19(32)34-10-22(23,24)25/h4-8,13-15,18H,9-10H2,1-3H3,(H,26,30)(H,27,33)/t13?,14-,15?,18+/m1/s1. The van der Waals surface area contributed by atoms with Crippen LogP contribution < -0.4 is 10.6 Å². The molecule has 0 saturated carbocycles. The molecule has 10 nitrogen and oxygen atoms in total. The molecule has 3 amide bonds. The Morgan fingerprint density at radius 1 is 1.14 bits per heavy atom. The van der Waals surface area contributed by atoms with Gasteiger partial charge in [0.25, 0.3) is 0 Å². The number of hydrogen-bond acceptors (Lipinski definition) is 8. The van der Waals surface area contributed by atoms with Crippen molar-refractivity contribution in [3.63, 3.8) is 0 Å². The maximum atomic E-state index is 13.2. The average molecular weight is 581 g/mol. The lowest BCUT2D eigenvalue weighted by molar-refractivity contribution is -0.168. The van der Waals surface area contributed by atoms with Gasteiger partial charge in [-0.15, -0.1) is 11.8 Å². The van der Waals surface area contributed by atoms with Gasteiger partial charge in [0.1, 0.15) is 29.7 Å². The second-order valence-electron chi connectivity index (χ2n) is 9.01. The molecule has 2 aliphatic heterocycles. The van der Waals surface area contributed by atoms with Gasteiger partial charge in [0.15, 0.2) is 11.8 Å². The first kappa shape index (κ1) is 28.4. The quantitative estimate of drug-likeness (QED) is 0.227. The number of benzene rings is 1. The molecule has 0 aliphatic carbocycles. The molecule has 2 heterocycles. The van der Waals surface area contributed by atoms with Gasteiger partial charge in [-0.25, -0.2) is 9.59 Å². The number of ketones is 1. The number of rotatable bonds is 6. The number of carbonyl (C=O) groups is 5. The summed E-state index contributed by atoms with van der Waals surface area (Å²) in [6, 6.07) is 4.71. The minimum absolute atomic E-state index is 0.0907. The van der Waals surface area contributed by atoms with Crippen molar-refractivity contribution in [2.75, 3.05) is 12.4 Å². The number of Topliss-reactive ketones (excluding diaryl/α,β-unsaturated/α-hetero) is 1. The van der Waals surface area contributed by atoms with E-state index in [2.05, 4.69) is 10.6 Å². The molecule has 0 bridgehead atoms. The van der Waals surface area contributed by atoms with Crippen molar-refractivity contribution < 1.29 is 33.4 Å². The van der Waals surface area contributed by atoms with Crippen molar-refractivity contribution in [1.29, 1.82) is 0 Å². The largest absolute Gasteiger partial charge is 0.459 e. The highest BCUT2D eigenvalue weighted by Gasteiger charge is 2.58. The summed E-state index contributed by atoms with van der Waals surface area (Å²) in [6.45, 7) is 4.45. The number of amides is 3. The minimum atomic E-state index is -1.88. The highest BCUT2D eigenvalue weighted by atomic mass is 35.6. The van der Waals surface area contributed by atoms with Gasteiger partial charge in [0.05, 0.1) is 5.75 Å². The van der Waals surface area contributed by atoms with Crippen molar-refractivity contribution in [3.05, 3.63) is 35.9 Å².